The number of benzene rings is 1. The second kappa shape index (κ2) is 7.07. The SMILES string of the molecule is Cc1nn(C)c(C)c1CCNS(=O)(=O)CCc1ccccc1. The van der Waals surface area contributed by atoms with Crippen molar-refractivity contribution in [2.45, 2.75) is 26.7 Å². The van der Waals surface area contributed by atoms with E-state index < -0.39 is 10.0 Å². The summed E-state index contributed by atoms with van der Waals surface area (Å²) in [6.07, 6.45) is 1.19. The van der Waals surface area contributed by atoms with E-state index in [9.17, 15) is 8.42 Å². The molecule has 1 aromatic carbocycles. The van der Waals surface area contributed by atoms with Gasteiger partial charge in [-0.1, -0.05) is 30.3 Å². The van der Waals surface area contributed by atoms with Gasteiger partial charge in [-0.05, 0) is 37.8 Å². The van der Waals surface area contributed by atoms with Crippen LogP contribution in [0.5, 0.6) is 0 Å². The second-order valence-electron chi connectivity index (χ2n) is 5.47. The lowest BCUT2D eigenvalue weighted by atomic mass is 10.1. The number of nitrogens with zero attached hydrogens (tertiary/aromatic N) is 2. The summed E-state index contributed by atoms with van der Waals surface area (Å²) in [6.45, 7) is 4.36. The van der Waals surface area contributed by atoms with Crippen LogP contribution in [0, 0.1) is 13.8 Å². The Balaban J connectivity index is 1.85. The molecule has 5 nitrogen and oxygen atoms in total. The quantitative estimate of drug-likeness (QED) is 0.845. The van der Waals surface area contributed by atoms with Crippen molar-refractivity contribution >= 4 is 10.0 Å². The van der Waals surface area contributed by atoms with Crippen molar-refractivity contribution in [2.75, 3.05) is 12.3 Å². The van der Waals surface area contributed by atoms with Crippen LogP contribution in [0.4, 0.5) is 0 Å². The highest BCUT2D eigenvalue weighted by molar-refractivity contribution is 7.89. The molecule has 2 aromatic rings. The fourth-order valence-corrected chi connectivity index (χ4v) is 3.54. The van der Waals surface area contributed by atoms with Crippen molar-refractivity contribution in [3.05, 3.63) is 52.8 Å². The molecule has 22 heavy (non-hydrogen) atoms. The highest BCUT2D eigenvalue weighted by Gasteiger charge is 2.13. The first-order valence-electron chi connectivity index (χ1n) is 7.39. The molecule has 0 fully saturated rings. The molecule has 0 bridgehead atoms. The minimum absolute atomic E-state index is 0.113. The van der Waals surface area contributed by atoms with Crippen LogP contribution in [0.15, 0.2) is 30.3 Å². The highest BCUT2D eigenvalue weighted by atomic mass is 32.2. The Kier molecular flexibility index (Phi) is 5.37. The van der Waals surface area contributed by atoms with E-state index in [1.807, 2.05) is 55.9 Å². The maximum absolute atomic E-state index is 12.0. The van der Waals surface area contributed by atoms with Gasteiger partial charge in [0.25, 0.3) is 0 Å². The first-order chi connectivity index (χ1) is 10.4. The van der Waals surface area contributed by atoms with E-state index in [0.29, 0.717) is 19.4 Å². The smallest absolute Gasteiger partial charge is 0.211 e. The van der Waals surface area contributed by atoms with Gasteiger partial charge in [0, 0.05) is 19.3 Å². The topological polar surface area (TPSA) is 64.0 Å². The molecule has 0 saturated carbocycles. The number of nitrogens with one attached hydrogen (secondary N) is 1. The average molecular weight is 321 g/mol. The summed E-state index contributed by atoms with van der Waals surface area (Å²) < 4.78 is 28.6. The van der Waals surface area contributed by atoms with Crippen molar-refractivity contribution in [3.8, 4) is 0 Å². The fourth-order valence-electron chi connectivity index (χ4n) is 2.48. The summed E-state index contributed by atoms with van der Waals surface area (Å²) in [5, 5.41) is 4.34. The first-order valence-corrected chi connectivity index (χ1v) is 9.04. The number of aryl methyl sites for hydroxylation is 3. The third kappa shape index (κ3) is 4.42. The Morgan fingerprint density at radius 3 is 2.41 bits per heavy atom. The van der Waals surface area contributed by atoms with Crippen LogP contribution in [0.25, 0.3) is 0 Å². The molecule has 0 aliphatic rings. The van der Waals surface area contributed by atoms with Gasteiger partial charge in [0.05, 0.1) is 11.4 Å². The Labute approximate surface area is 132 Å². The maximum Gasteiger partial charge on any atom is 0.211 e. The molecule has 0 aliphatic carbocycles. The van der Waals surface area contributed by atoms with Crippen molar-refractivity contribution in [1.29, 1.82) is 0 Å². The number of aromatic nitrogens is 2. The molecular formula is C16H23N3O2S. The van der Waals surface area contributed by atoms with E-state index in [0.717, 1.165) is 22.5 Å². The van der Waals surface area contributed by atoms with E-state index >= 15 is 0 Å². The summed E-state index contributed by atoms with van der Waals surface area (Å²) in [4.78, 5) is 0. The summed E-state index contributed by atoms with van der Waals surface area (Å²) in [5.41, 5.74) is 4.20. The van der Waals surface area contributed by atoms with Crippen molar-refractivity contribution in [2.24, 2.45) is 7.05 Å². The largest absolute Gasteiger partial charge is 0.272 e. The lowest BCUT2D eigenvalue weighted by Gasteiger charge is -2.07. The van der Waals surface area contributed by atoms with Gasteiger partial charge >= 0.3 is 0 Å². The van der Waals surface area contributed by atoms with Gasteiger partial charge in [-0.25, -0.2) is 13.1 Å². The highest BCUT2D eigenvalue weighted by Crippen LogP contribution is 2.12. The molecule has 0 amide bonds. The average Bonchev–Trinajstić information content (AvgIpc) is 2.72. The molecular weight excluding hydrogens is 298 g/mol. The fraction of sp³-hybridized carbons (Fsp3) is 0.438. The molecule has 1 heterocycles. The predicted octanol–water partition coefficient (Wildman–Crippen LogP) is 1.74. The summed E-state index contributed by atoms with van der Waals surface area (Å²) in [6, 6.07) is 9.65. The molecule has 0 radical (unpaired) electrons. The molecule has 0 saturated heterocycles. The van der Waals surface area contributed by atoms with Gasteiger partial charge in [-0.15, -0.1) is 0 Å². The van der Waals surface area contributed by atoms with E-state index in [4.69, 9.17) is 0 Å². The normalized spacial score (nSPS) is 11.8. The number of hydrogen-bond acceptors (Lipinski definition) is 3. The zero-order chi connectivity index (χ0) is 16.2. The molecule has 2 rings (SSSR count). The van der Waals surface area contributed by atoms with Crippen LogP contribution >= 0.6 is 0 Å². The van der Waals surface area contributed by atoms with Crippen LogP contribution in [0.1, 0.15) is 22.5 Å². The van der Waals surface area contributed by atoms with Crippen LogP contribution < -0.4 is 4.72 Å². The van der Waals surface area contributed by atoms with Crippen LogP contribution in [0.2, 0.25) is 0 Å². The first kappa shape index (κ1) is 16.7. The summed E-state index contributed by atoms with van der Waals surface area (Å²) >= 11 is 0. The number of hydrogen-bond donors (Lipinski definition) is 1. The van der Waals surface area contributed by atoms with Crippen molar-refractivity contribution in [1.82, 2.24) is 14.5 Å². The number of sulfonamides is 1. The van der Waals surface area contributed by atoms with Crippen LogP contribution in [-0.4, -0.2) is 30.5 Å². The number of rotatable bonds is 7. The van der Waals surface area contributed by atoms with Gasteiger partial charge < -0.3 is 0 Å². The van der Waals surface area contributed by atoms with Gasteiger partial charge in [0.1, 0.15) is 0 Å². The monoisotopic (exact) mass is 321 g/mol. The Morgan fingerprint density at radius 2 is 1.82 bits per heavy atom. The zero-order valence-electron chi connectivity index (χ0n) is 13.3. The van der Waals surface area contributed by atoms with Crippen LogP contribution in [0.3, 0.4) is 0 Å². The summed E-state index contributed by atoms with van der Waals surface area (Å²) in [5.74, 6) is 0.113. The Bertz CT molecular complexity index is 721. The Hall–Kier alpha value is -1.66. The van der Waals surface area contributed by atoms with Gasteiger partial charge in [-0.3, -0.25) is 4.68 Å². The maximum atomic E-state index is 12.0. The van der Waals surface area contributed by atoms with Crippen molar-refractivity contribution < 1.29 is 8.42 Å². The van der Waals surface area contributed by atoms with Gasteiger partial charge in [0.2, 0.25) is 10.0 Å². The van der Waals surface area contributed by atoms with E-state index in [-0.39, 0.29) is 5.75 Å². The van der Waals surface area contributed by atoms with Crippen LogP contribution in [-0.2, 0) is 29.9 Å². The second-order valence-corrected chi connectivity index (χ2v) is 7.40. The van der Waals surface area contributed by atoms with E-state index in [1.165, 1.54) is 0 Å². The Morgan fingerprint density at radius 1 is 1.14 bits per heavy atom. The lowest BCUT2D eigenvalue weighted by Crippen LogP contribution is -2.29. The molecule has 0 atom stereocenters. The molecule has 0 spiro atoms. The van der Waals surface area contributed by atoms with Crippen molar-refractivity contribution in [3.63, 3.8) is 0 Å². The standard InChI is InChI=1S/C16H23N3O2S/c1-13-16(14(2)19(3)18-13)9-11-17-22(20,21)12-10-15-7-5-4-6-8-15/h4-8,17H,9-12H2,1-3H3. The molecule has 0 aliphatic heterocycles. The lowest BCUT2D eigenvalue weighted by molar-refractivity contribution is 0.580. The molecule has 6 heteroatoms. The molecule has 1 aromatic heterocycles. The minimum atomic E-state index is -3.25. The predicted molar refractivity (Wildman–Crippen MR) is 88.3 cm³/mol. The zero-order valence-corrected chi connectivity index (χ0v) is 14.2. The van der Waals surface area contributed by atoms with Gasteiger partial charge in [-0.2, -0.15) is 5.10 Å². The third-order valence-electron chi connectivity index (χ3n) is 3.86. The van der Waals surface area contributed by atoms with E-state index in [1.54, 1.807) is 0 Å². The summed E-state index contributed by atoms with van der Waals surface area (Å²) in [7, 11) is -1.35. The third-order valence-corrected chi connectivity index (χ3v) is 5.24. The minimum Gasteiger partial charge on any atom is -0.272 e. The molecule has 1 N–H and O–H groups in total. The van der Waals surface area contributed by atoms with Gasteiger partial charge in [0.15, 0.2) is 0 Å². The van der Waals surface area contributed by atoms with E-state index in [2.05, 4.69) is 9.82 Å². The molecule has 0 unspecified atom stereocenters. The molecule has 120 valence electrons.